The molecule has 0 radical (unpaired) electrons. The summed E-state index contributed by atoms with van der Waals surface area (Å²) in [7, 11) is 1.24. The maximum atomic E-state index is 12.9. The predicted molar refractivity (Wildman–Crippen MR) is 251 cm³/mol. The molecule has 0 aliphatic carbocycles. The lowest BCUT2D eigenvalue weighted by atomic mass is 10.0. The van der Waals surface area contributed by atoms with E-state index in [1.54, 1.807) is 6.08 Å². The quantitative estimate of drug-likeness (QED) is 0.0273. The Bertz CT molecular complexity index is 1060. The van der Waals surface area contributed by atoms with Crippen molar-refractivity contribution in [3.05, 3.63) is 36.5 Å². The number of likely N-dealkylation sites (N-methyl/N-ethyl adjacent to an activating group) is 1. The predicted octanol–water partition coefficient (Wildman–Crippen LogP) is 13.6. The fourth-order valence-corrected chi connectivity index (χ4v) is 7.85. The van der Waals surface area contributed by atoms with Crippen molar-refractivity contribution in [1.82, 2.24) is 5.32 Å². The third kappa shape index (κ3) is 44.6. The molecular formula is C50H97N2O6P. The standard InChI is InChI=1S/C50H97N2O6P/c1-6-8-10-12-14-16-18-20-22-23-24-25-26-27-28-30-31-33-35-37-39-41-43-49(53)48(47-58-59(55,56)57-46-45-52(3,4)5)51-50(54)44-42-40-38-36-34-32-29-21-19-17-15-13-11-9-7-2/h27-28,33,35,41,43,48-49,53H,6-26,29-32,34,36-40,42,44-47H2,1-5H3,(H-,51,54,55,56)/b28-27+,35-33+,43-41+. The van der Waals surface area contributed by atoms with E-state index in [1.165, 1.54) is 161 Å². The topological polar surface area (TPSA) is 108 Å². The van der Waals surface area contributed by atoms with Crippen LogP contribution in [0.4, 0.5) is 0 Å². The summed E-state index contributed by atoms with van der Waals surface area (Å²) < 4.78 is 23.2. The molecule has 0 aromatic rings. The molecule has 2 N–H and O–H groups in total. The summed E-state index contributed by atoms with van der Waals surface area (Å²) >= 11 is 0. The highest BCUT2D eigenvalue weighted by Crippen LogP contribution is 2.38. The van der Waals surface area contributed by atoms with Gasteiger partial charge < -0.3 is 28.8 Å². The Hall–Kier alpha value is -1.28. The van der Waals surface area contributed by atoms with Crippen molar-refractivity contribution in [1.29, 1.82) is 0 Å². The zero-order chi connectivity index (χ0) is 43.6. The first-order valence-corrected chi connectivity index (χ1v) is 26.3. The number of phosphoric acid groups is 1. The van der Waals surface area contributed by atoms with Crippen molar-refractivity contribution in [3.8, 4) is 0 Å². The molecule has 0 rings (SSSR count). The lowest BCUT2D eigenvalue weighted by Gasteiger charge is -2.29. The number of aliphatic hydroxyl groups excluding tert-OH is 1. The normalized spacial score (nSPS) is 14.5. The number of hydrogen-bond donors (Lipinski definition) is 2. The van der Waals surface area contributed by atoms with Crippen LogP contribution in [0.1, 0.15) is 226 Å². The Morgan fingerprint density at radius 2 is 0.949 bits per heavy atom. The molecule has 0 bridgehead atoms. The molecule has 0 aromatic carbocycles. The highest BCUT2D eigenvalue weighted by atomic mass is 31.2. The van der Waals surface area contributed by atoms with Gasteiger partial charge in [-0.15, -0.1) is 0 Å². The van der Waals surface area contributed by atoms with Crippen LogP contribution < -0.4 is 10.2 Å². The fourth-order valence-electron chi connectivity index (χ4n) is 7.13. The van der Waals surface area contributed by atoms with Crippen LogP contribution in [0.3, 0.4) is 0 Å². The van der Waals surface area contributed by atoms with Gasteiger partial charge in [-0.1, -0.05) is 211 Å². The molecule has 0 saturated carbocycles. The molecule has 1 amide bonds. The zero-order valence-corrected chi connectivity index (χ0v) is 40.4. The number of quaternary nitrogens is 1. The largest absolute Gasteiger partial charge is 0.756 e. The molecule has 0 saturated heterocycles. The second-order valence-corrected chi connectivity index (χ2v) is 19.6. The van der Waals surface area contributed by atoms with E-state index in [4.69, 9.17) is 9.05 Å². The summed E-state index contributed by atoms with van der Waals surface area (Å²) in [5.41, 5.74) is 0. The summed E-state index contributed by atoms with van der Waals surface area (Å²) in [6, 6.07) is -0.906. The molecular weight excluding hydrogens is 756 g/mol. The maximum Gasteiger partial charge on any atom is 0.268 e. The fraction of sp³-hybridized carbons (Fsp3) is 0.860. The van der Waals surface area contributed by atoms with Gasteiger partial charge in [-0.25, -0.2) is 0 Å². The summed E-state index contributed by atoms with van der Waals surface area (Å²) in [6.07, 6.45) is 52.0. The van der Waals surface area contributed by atoms with Crippen molar-refractivity contribution in [2.45, 2.75) is 238 Å². The highest BCUT2D eigenvalue weighted by molar-refractivity contribution is 7.45. The number of amides is 1. The van der Waals surface area contributed by atoms with Gasteiger partial charge in [0.05, 0.1) is 39.9 Å². The molecule has 0 aliphatic rings. The second-order valence-electron chi connectivity index (χ2n) is 18.2. The van der Waals surface area contributed by atoms with Crippen LogP contribution in [0.5, 0.6) is 0 Å². The lowest BCUT2D eigenvalue weighted by molar-refractivity contribution is -0.870. The van der Waals surface area contributed by atoms with Crippen molar-refractivity contribution >= 4 is 13.7 Å². The SMILES string of the molecule is CCCCCCCCCCCCCC/C=C/CC/C=C/CC/C=C/C(O)C(COP(=O)([O-])OCC[N+](C)(C)C)NC(=O)CCCCCCCCCCCCCCCCC. The van der Waals surface area contributed by atoms with Gasteiger partial charge in [0, 0.05) is 6.42 Å². The Labute approximate surface area is 366 Å². The first-order valence-electron chi connectivity index (χ1n) is 24.9. The van der Waals surface area contributed by atoms with Crippen LogP contribution in [0.25, 0.3) is 0 Å². The molecule has 0 spiro atoms. The number of allylic oxidation sites excluding steroid dienone is 5. The van der Waals surface area contributed by atoms with E-state index in [1.807, 2.05) is 27.2 Å². The average Bonchev–Trinajstić information content (AvgIpc) is 3.19. The van der Waals surface area contributed by atoms with E-state index in [9.17, 15) is 19.4 Å². The minimum Gasteiger partial charge on any atom is -0.756 e. The summed E-state index contributed by atoms with van der Waals surface area (Å²) in [5.74, 6) is -0.210. The molecule has 0 aromatic heterocycles. The van der Waals surface area contributed by atoms with Gasteiger partial charge in [0.2, 0.25) is 5.91 Å². The van der Waals surface area contributed by atoms with Crippen molar-refractivity contribution < 1.29 is 32.9 Å². The Morgan fingerprint density at radius 1 is 0.576 bits per heavy atom. The molecule has 59 heavy (non-hydrogen) atoms. The van der Waals surface area contributed by atoms with Crippen LogP contribution in [0.15, 0.2) is 36.5 Å². The molecule has 0 aliphatic heterocycles. The molecule has 0 fully saturated rings. The molecule has 3 unspecified atom stereocenters. The Balaban J connectivity index is 4.40. The second kappa shape index (κ2) is 42.0. The van der Waals surface area contributed by atoms with Gasteiger partial charge in [-0.2, -0.15) is 0 Å². The summed E-state index contributed by atoms with van der Waals surface area (Å²) in [6.45, 7) is 4.63. The maximum absolute atomic E-state index is 12.9. The van der Waals surface area contributed by atoms with E-state index in [0.29, 0.717) is 17.4 Å². The smallest absolute Gasteiger partial charge is 0.268 e. The Kier molecular flexibility index (Phi) is 41.1. The van der Waals surface area contributed by atoms with Gasteiger partial charge in [-0.3, -0.25) is 9.36 Å². The monoisotopic (exact) mass is 853 g/mol. The van der Waals surface area contributed by atoms with Gasteiger partial charge in [0.15, 0.2) is 0 Å². The van der Waals surface area contributed by atoms with Crippen LogP contribution >= 0.6 is 7.82 Å². The third-order valence-corrected chi connectivity index (χ3v) is 12.0. The van der Waals surface area contributed by atoms with Crippen molar-refractivity contribution in [3.63, 3.8) is 0 Å². The number of unbranched alkanes of at least 4 members (excludes halogenated alkanes) is 28. The third-order valence-electron chi connectivity index (χ3n) is 11.1. The Morgan fingerprint density at radius 3 is 1.37 bits per heavy atom. The number of carbonyl (C=O) groups excluding carboxylic acids is 1. The van der Waals surface area contributed by atoms with Crippen molar-refractivity contribution in [2.75, 3.05) is 40.9 Å². The molecule has 8 nitrogen and oxygen atoms in total. The van der Waals surface area contributed by atoms with E-state index in [0.717, 1.165) is 44.9 Å². The van der Waals surface area contributed by atoms with Gasteiger partial charge in [0.25, 0.3) is 7.82 Å². The number of nitrogens with one attached hydrogen (secondary N) is 1. The minimum absolute atomic E-state index is 0.00770. The minimum atomic E-state index is -4.60. The number of carbonyl (C=O) groups is 1. The van der Waals surface area contributed by atoms with E-state index < -0.39 is 26.6 Å². The zero-order valence-electron chi connectivity index (χ0n) is 39.5. The molecule has 3 atom stereocenters. The molecule has 9 heteroatoms. The number of aliphatic hydroxyl groups is 1. The van der Waals surface area contributed by atoms with Gasteiger partial charge in [0.1, 0.15) is 13.2 Å². The average molecular weight is 853 g/mol. The number of hydrogen-bond acceptors (Lipinski definition) is 6. The van der Waals surface area contributed by atoms with Gasteiger partial charge in [-0.05, 0) is 44.9 Å². The van der Waals surface area contributed by atoms with Crippen LogP contribution in [0.2, 0.25) is 0 Å². The number of rotatable bonds is 45. The number of phosphoric ester groups is 1. The van der Waals surface area contributed by atoms with Crippen LogP contribution in [-0.2, 0) is 18.4 Å². The van der Waals surface area contributed by atoms with Crippen LogP contribution in [0, 0.1) is 0 Å². The summed E-state index contributed by atoms with van der Waals surface area (Å²) in [4.78, 5) is 25.3. The van der Waals surface area contributed by atoms with E-state index >= 15 is 0 Å². The summed E-state index contributed by atoms with van der Waals surface area (Å²) in [5, 5.41) is 13.8. The first-order chi connectivity index (χ1) is 28.5. The van der Waals surface area contributed by atoms with Crippen LogP contribution in [-0.4, -0.2) is 68.5 Å². The van der Waals surface area contributed by atoms with E-state index in [-0.39, 0.29) is 12.5 Å². The first kappa shape index (κ1) is 57.7. The van der Waals surface area contributed by atoms with Gasteiger partial charge >= 0.3 is 0 Å². The van der Waals surface area contributed by atoms with Crippen molar-refractivity contribution in [2.24, 2.45) is 0 Å². The molecule has 348 valence electrons. The number of nitrogens with zero attached hydrogens (tertiary/aromatic N) is 1. The lowest BCUT2D eigenvalue weighted by Crippen LogP contribution is -2.45. The highest BCUT2D eigenvalue weighted by Gasteiger charge is 2.23. The molecule has 0 heterocycles. The van der Waals surface area contributed by atoms with E-state index in [2.05, 4.69) is 43.5 Å².